The van der Waals surface area contributed by atoms with Gasteiger partial charge in [0.25, 0.3) is 0 Å². The lowest BCUT2D eigenvalue weighted by atomic mass is 10.1. The van der Waals surface area contributed by atoms with Crippen molar-refractivity contribution in [2.24, 2.45) is 0 Å². The van der Waals surface area contributed by atoms with Crippen molar-refractivity contribution in [2.45, 2.75) is 78.4 Å². The van der Waals surface area contributed by atoms with E-state index in [1.807, 2.05) is 60.5 Å². The molecule has 2 aromatic rings. The first-order valence-electron chi connectivity index (χ1n) is 11.1. The molecule has 0 aliphatic heterocycles. The van der Waals surface area contributed by atoms with E-state index in [1.165, 1.54) is 19.3 Å². The van der Waals surface area contributed by atoms with Gasteiger partial charge in [0.2, 0.25) is 11.8 Å². The van der Waals surface area contributed by atoms with Crippen LogP contribution in [0.5, 0.6) is 0 Å². The van der Waals surface area contributed by atoms with Crippen LogP contribution in [-0.4, -0.2) is 34.2 Å². The number of hydrogen-bond donors (Lipinski definition) is 0. The molecule has 2 amide bonds. The molecule has 0 N–H and O–H groups in total. The third-order valence-electron chi connectivity index (χ3n) is 5.24. The third kappa shape index (κ3) is 8.31. The fourth-order valence-electron chi connectivity index (χ4n) is 3.45. The van der Waals surface area contributed by atoms with Crippen LogP contribution in [0.15, 0.2) is 47.8 Å². The minimum Gasteiger partial charge on any atom is -0.332 e. The van der Waals surface area contributed by atoms with Crippen molar-refractivity contribution in [2.75, 3.05) is 6.54 Å². The molecule has 2 rings (SSSR count). The van der Waals surface area contributed by atoms with Gasteiger partial charge in [0.15, 0.2) is 0 Å². The van der Waals surface area contributed by atoms with Gasteiger partial charge in [0, 0.05) is 23.9 Å². The Balaban J connectivity index is 2.01. The highest BCUT2D eigenvalue weighted by molar-refractivity contribution is 7.09. The van der Waals surface area contributed by atoms with Crippen LogP contribution in [0.25, 0.3) is 0 Å². The smallest absolute Gasteiger partial charge is 0.242 e. The molecule has 30 heavy (non-hydrogen) atoms. The number of hydrogen-bond acceptors (Lipinski definition) is 3. The fourth-order valence-corrected chi connectivity index (χ4v) is 4.17. The highest BCUT2D eigenvalue weighted by Crippen LogP contribution is 2.16. The van der Waals surface area contributed by atoms with Crippen LogP contribution in [0.4, 0.5) is 0 Å². The number of rotatable bonds is 13. The highest BCUT2D eigenvalue weighted by Gasteiger charge is 2.23. The molecular weight excluding hydrogens is 392 g/mol. The summed E-state index contributed by atoms with van der Waals surface area (Å²) in [4.78, 5) is 30.8. The monoisotopic (exact) mass is 428 g/mol. The largest absolute Gasteiger partial charge is 0.332 e. The van der Waals surface area contributed by atoms with Gasteiger partial charge in [0.1, 0.15) is 0 Å². The molecule has 164 valence electrons. The maximum absolute atomic E-state index is 13.2. The summed E-state index contributed by atoms with van der Waals surface area (Å²) in [6.45, 7) is 7.43. The van der Waals surface area contributed by atoms with Gasteiger partial charge < -0.3 is 9.80 Å². The Morgan fingerprint density at radius 2 is 1.63 bits per heavy atom. The van der Waals surface area contributed by atoms with Crippen molar-refractivity contribution in [3.05, 3.63) is 58.3 Å². The summed E-state index contributed by atoms with van der Waals surface area (Å²) in [5.74, 6) is 0.0888. The van der Waals surface area contributed by atoms with Gasteiger partial charge in [0.05, 0.1) is 13.1 Å². The van der Waals surface area contributed by atoms with Crippen LogP contribution in [0.2, 0.25) is 0 Å². The van der Waals surface area contributed by atoms with E-state index in [9.17, 15) is 9.59 Å². The number of carbonyl (C=O) groups excluding carboxylic acids is 2. The van der Waals surface area contributed by atoms with Crippen molar-refractivity contribution in [1.82, 2.24) is 9.80 Å². The molecule has 0 fully saturated rings. The predicted octanol–water partition coefficient (Wildman–Crippen LogP) is 5.87. The number of amides is 2. The molecule has 0 radical (unpaired) electrons. The summed E-state index contributed by atoms with van der Waals surface area (Å²) in [6.07, 6.45) is 6.10. The molecule has 1 aromatic heterocycles. The topological polar surface area (TPSA) is 40.6 Å². The lowest BCUT2D eigenvalue weighted by Gasteiger charge is -2.30. The normalized spacial score (nSPS) is 10.9. The molecule has 1 aromatic carbocycles. The molecule has 1 heterocycles. The molecule has 0 saturated heterocycles. The second-order valence-corrected chi connectivity index (χ2v) is 9.13. The number of carbonyl (C=O) groups is 2. The van der Waals surface area contributed by atoms with Gasteiger partial charge in [-0.05, 0) is 37.3 Å². The maximum atomic E-state index is 13.2. The van der Waals surface area contributed by atoms with Gasteiger partial charge in [-0.3, -0.25) is 9.59 Å². The minimum absolute atomic E-state index is 0.000265. The van der Waals surface area contributed by atoms with Crippen molar-refractivity contribution in [1.29, 1.82) is 0 Å². The second-order valence-electron chi connectivity index (χ2n) is 8.09. The number of thiophene rings is 1. The second kappa shape index (κ2) is 13.2. The van der Waals surface area contributed by atoms with E-state index in [2.05, 4.69) is 13.0 Å². The van der Waals surface area contributed by atoms with Gasteiger partial charge in [-0.1, -0.05) is 69.0 Å². The molecule has 0 atom stereocenters. The van der Waals surface area contributed by atoms with Gasteiger partial charge in [-0.15, -0.1) is 11.3 Å². The van der Waals surface area contributed by atoms with E-state index in [-0.39, 0.29) is 24.4 Å². The molecule has 0 aliphatic rings. The molecule has 0 saturated carbocycles. The Hall–Kier alpha value is -2.14. The third-order valence-corrected chi connectivity index (χ3v) is 6.10. The van der Waals surface area contributed by atoms with E-state index in [4.69, 9.17) is 0 Å². The zero-order valence-electron chi connectivity index (χ0n) is 18.7. The lowest BCUT2D eigenvalue weighted by Crippen LogP contribution is -2.45. The first kappa shape index (κ1) is 24.1. The Morgan fingerprint density at radius 1 is 0.900 bits per heavy atom. The number of unbranched alkanes of at least 4 members (excludes halogenated alkanes) is 4. The number of nitrogens with zero attached hydrogens (tertiary/aromatic N) is 2. The summed E-state index contributed by atoms with van der Waals surface area (Å²) >= 11 is 1.65. The Bertz CT molecular complexity index is 744. The van der Waals surface area contributed by atoms with Crippen molar-refractivity contribution in [3.63, 3.8) is 0 Å². The minimum atomic E-state index is 0.000265. The average molecular weight is 429 g/mol. The summed E-state index contributed by atoms with van der Waals surface area (Å²) < 4.78 is 0. The molecule has 0 spiro atoms. The Labute approximate surface area is 185 Å². The van der Waals surface area contributed by atoms with E-state index in [1.54, 1.807) is 16.2 Å². The van der Waals surface area contributed by atoms with E-state index < -0.39 is 0 Å². The summed E-state index contributed by atoms with van der Waals surface area (Å²) in [7, 11) is 0. The maximum Gasteiger partial charge on any atom is 0.242 e. The first-order chi connectivity index (χ1) is 14.5. The van der Waals surface area contributed by atoms with Crippen molar-refractivity contribution >= 4 is 23.2 Å². The van der Waals surface area contributed by atoms with Crippen molar-refractivity contribution in [3.8, 4) is 0 Å². The zero-order chi connectivity index (χ0) is 21.8. The number of benzene rings is 1. The van der Waals surface area contributed by atoms with Gasteiger partial charge >= 0.3 is 0 Å². The van der Waals surface area contributed by atoms with Crippen LogP contribution in [0.3, 0.4) is 0 Å². The molecular formula is C25H36N2O2S. The molecule has 0 aliphatic carbocycles. The van der Waals surface area contributed by atoms with E-state index >= 15 is 0 Å². The molecule has 0 unspecified atom stereocenters. The highest BCUT2D eigenvalue weighted by atomic mass is 32.1. The van der Waals surface area contributed by atoms with Gasteiger partial charge in [-0.2, -0.15) is 0 Å². The van der Waals surface area contributed by atoms with E-state index in [0.717, 1.165) is 23.3 Å². The Kier molecular flexibility index (Phi) is 10.6. The van der Waals surface area contributed by atoms with Crippen molar-refractivity contribution < 1.29 is 9.59 Å². The zero-order valence-corrected chi connectivity index (χ0v) is 19.5. The quantitative estimate of drug-likeness (QED) is 0.374. The van der Waals surface area contributed by atoms with Crippen LogP contribution >= 0.6 is 11.3 Å². The van der Waals surface area contributed by atoms with Crippen LogP contribution < -0.4 is 0 Å². The lowest BCUT2D eigenvalue weighted by molar-refractivity contribution is -0.142. The summed E-state index contributed by atoms with van der Waals surface area (Å²) in [5.41, 5.74) is 1.10. The average Bonchev–Trinajstić information content (AvgIpc) is 3.24. The molecule has 4 nitrogen and oxygen atoms in total. The van der Waals surface area contributed by atoms with Crippen LogP contribution in [-0.2, 0) is 22.7 Å². The van der Waals surface area contributed by atoms with Crippen LogP contribution in [0, 0.1) is 0 Å². The molecule has 5 heteroatoms. The molecule has 0 bridgehead atoms. The van der Waals surface area contributed by atoms with Gasteiger partial charge in [-0.25, -0.2) is 0 Å². The SMILES string of the molecule is CCCCCCCC(=O)N(CC(=O)N(Cc1ccccc1)Cc1cccs1)C(C)C. The van der Waals surface area contributed by atoms with E-state index in [0.29, 0.717) is 19.5 Å². The van der Waals surface area contributed by atoms with Crippen LogP contribution in [0.1, 0.15) is 69.7 Å². The first-order valence-corrected chi connectivity index (χ1v) is 12.0. The summed E-state index contributed by atoms with van der Waals surface area (Å²) in [6, 6.07) is 14.1. The Morgan fingerprint density at radius 3 is 2.27 bits per heavy atom. The summed E-state index contributed by atoms with van der Waals surface area (Å²) in [5, 5.41) is 2.03. The predicted molar refractivity (Wildman–Crippen MR) is 125 cm³/mol. The fraction of sp³-hybridized carbons (Fsp3) is 0.520. The standard InChI is InChI=1S/C25H36N2O2S/c1-4-5-6-7-11-16-24(28)27(21(2)3)20-25(29)26(19-23-15-12-17-30-23)18-22-13-9-8-10-14-22/h8-10,12-15,17,21H,4-7,11,16,18-20H2,1-3H3.